The molecule has 2 heteroatoms. The molecule has 0 unspecified atom stereocenters. The minimum Gasteiger partial charge on any atom is -0.0951 e. The minimum absolute atomic E-state index is 1.20. The number of rotatable bonds is 1. The largest absolute Gasteiger partial charge is 0.0951 e. The van der Waals surface area contributed by atoms with Crippen molar-refractivity contribution in [3.8, 4) is 0 Å². The highest BCUT2D eigenvalue weighted by Gasteiger charge is 1.84. The van der Waals surface area contributed by atoms with Crippen molar-refractivity contribution in [1.82, 2.24) is 0 Å². The van der Waals surface area contributed by atoms with Crippen molar-refractivity contribution in [2.24, 2.45) is 0 Å². The van der Waals surface area contributed by atoms with Gasteiger partial charge in [0.05, 0.1) is 0 Å². The molecular weight excluding hydrogens is 215 g/mol. The van der Waals surface area contributed by atoms with Gasteiger partial charge in [0.25, 0.3) is 0 Å². The molecule has 0 saturated carbocycles. The van der Waals surface area contributed by atoms with Gasteiger partial charge in [0.2, 0.25) is 0 Å². The molecule has 0 rings (SSSR count). The summed E-state index contributed by atoms with van der Waals surface area (Å²) in [6.07, 6.45) is 0. The second-order valence-corrected chi connectivity index (χ2v) is 4.18. The summed E-state index contributed by atoms with van der Waals surface area (Å²) in [6.45, 7) is 4.41. The summed E-state index contributed by atoms with van der Waals surface area (Å²) < 4.78 is 1.20. The molecular formula is C5H11ISi. The maximum Gasteiger partial charge on any atom is 0.0328 e. The molecule has 42 valence electrons. The smallest absolute Gasteiger partial charge is 0.0328 e. The van der Waals surface area contributed by atoms with E-state index < -0.39 is 0 Å². The first-order chi connectivity index (χ1) is 3.18. The maximum atomic E-state index is 2.39. The molecule has 0 amide bonds. The lowest BCUT2D eigenvalue weighted by Gasteiger charge is -1.93. The van der Waals surface area contributed by atoms with Crippen molar-refractivity contribution in [3.05, 3.63) is 10.8 Å². The number of alkyl halides is 1. The van der Waals surface area contributed by atoms with Gasteiger partial charge in [0.15, 0.2) is 0 Å². The van der Waals surface area contributed by atoms with Crippen molar-refractivity contribution >= 4 is 32.8 Å². The van der Waals surface area contributed by atoms with Crippen LogP contribution in [0.5, 0.6) is 0 Å². The van der Waals surface area contributed by atoms with E-state index in [0.29, 0.717) is 0 Å². The zero-order valence-electron chi connectivity index (χ0n) is 5.09. The summed E-state index contributed by atoms with van der Waals surface area (Å²) in [7, 11) is 1.24. The van der Waals surface area contributed by atoms with E-state index in [9.17, 15) is 0 Å². The summed E-state index contributed by atoms with van der Waals surface area (Å²) in [5.41, 5.74) is 1.56. The van der Waals surface area contributed by atoms with Gasteiger partial charge >= 0.3 is 0 Å². The summed E-state index contributed by atoms with van der Waals surface area (Å²) in [4.78, 5) is 0. The summed E-state index contributed by atoms with van der Waals surface area (Å²) in [5.74, 6) is 0. The first-order valence-corrected chi connectivity index (χ1v) is 4.90. The van der Waals surface area contributed by atoms with E-state index >= 15 is 0 Å². The molecule has 0 N–H and O–H groups in total. The van der Waals surface area contributed by atoms with Gasteiger partial charge in [-0.05, 0) is 13.8 Å². The molecule has 0 aliphatic rings. The predicted molar refractivity (Wildman–Crippen MR) is 47.2 cm³/mol. The molecule has 0 aliphatic heterocycles. The maximum absolute atomic E-state index is 2.39. The van der Waals surface area contributed by atoms with E-state index in [1.807, 2.05) is 0 Å². The second-order valence-electron chi connectivity index (χ2n) is 1.91. The first-order valence-electron chi connectivity index (χ1n) is 2.37. The number of hydrogen-bond donors (Lipinski definition) is 0. The van der Waals surface area contributed by atoms with Crippen LogP contribution in [0.25, 0.3) is 0 Å². The Labute approximate surface area is 61.9 Å². The average Bonchev–Trinajstić information content (AvgIpc) is 1.65. The van der Waals surface area contributed by atoms with Crippen LogP contribution in [0.1, 0.15) is 13.8 Å². The van der Waals surface area contributed by atoms with Crippen LogP contribution in [0.15, 0.2) is 10.8 Å². The Balaban J connectivity index is 3.72. The Morgan fingerprint density at radius 1 is 1.57 bits per heavy atom. The van der Waals surface area contributed by atoms with Crippen LogP contribution in [0.3, 0.4) is 0 Å². The fraction of sp³-hybridized carbons (Fsp3) is 0.600. The molecule has 0 aliphatic carbocycles. The fourth-order valence-corrected chi connectivity index (χ4v) is 1.79. The molecule has 0 aromatic carbocycles. The SMILES string of the molecule is CC([SiH3])=C(C)CI. The summed E-state index contributed by atoms with van der Waals surface area (Å²) in [6, 6.07) is 0. The minimum atomic E-state index is 1.20. The molecule has 0 fully saturated rings. The van der Waals surface area contributed by atoms with Crippen LogP contribution in [0.4, 0.5) is 0 Å². The highest BCUT2D eigenvalue weighted by Crippen LogP contribution is 2.01. The first kappa shape index (κ1) is 7.69. The van der Waals surface area contributed by atoms with Crippen LogP contribution < -0.4 is 0 Å². The van der Waals surface area contributed by atoms with Gasteiger partial charge in [0.1, 0.15) is 0 Å². The Kier molecular flexibility index (Phi) is 4.02. The van der Waals surface area contributed by atoms with Crippen molar-refractivity contribution in [2.75, 3.05) is 4.43 Å². The van der Waals surface area contributed by atoms with E-state index in [2.05, 4.69) is 36.4 Å². The number of hydrogen-bond acceptors (Lipinski definition) is 0. The Bertz CT molecular complexity index is 82.1. The third-order valence-electron chi connectivity index (χ3n) is 1.05. The fourth-order valence-electron chi connectivity index (χ4n) is 0.134. The molecule has 7 heavy (non-hydrogen) atoms. The van der Waals surface area contributed by atoms with Gasteiger partial charge in [0, 0.05) is 14.7 Å². The Hall–Kier alpha value is 0.687. The molecule has 0 heterocycles. The monoisotopic (exact) mass is 226 g/mol. The van der Waals surface area contributed by atoms with E-state index in [0.717, 1.165) is 0 Å². The predicted octanol–water partition coefficient (Wildman–Crippen LogP) is 1.08. The standard InChI is InChI=1S/C5H11ISi/c1-4(3-6)5(2)7/h3H2,1-2,7H3. The van der Waals surface area contributed by atoms with E-state index in [-0.39, 0.29) is 0 Å². The van der Waals surface area contributed by atoms with Gasteiger partial charge in [-0.1, -0.05) is 33.4 Å². The quantitative estimate of drug-likeness (QED) is 0.356. The van der Waals surface area contributed by atoms with Gasteiger partial charge in [-0.2, -0.15) is 0 Å². The van der Waals surface area contributed by atoms with Gasteiger partial charge in [-0.25, -0.2) is 0 Å². The average molecular weight is 226 g/mol. The van der Waals surface area contributed by atoms with Crippen molar-refractivity contribution in [3.63, 3.8) is 0 Å². The van der Waals surface area contributed by atoms with E-state index in [1.54, 1.807) is 10.8 Å². The van der Waals surface area contributed by atoms with E-state index in [1.165, 1.54) is 14.7 Å². The molecule has 0 aromatic rings. The lowest BCUT2D eigenvalue weighted by molar-refractivity contribution is 1.37. The van der Waals surface area contributed by atoms with Crippen LogP contribution in [0, 0.1) is 0 Å². The number of halogens is 1. The normalized spacial score (nSPS) is 14.1. The van der Waals surface area contributed by atoms with Crippen molar-refractivity contribution in [2.45, 2.75) is 13.8 Å². The van der Waals surface area contributed by atoms with E-state index in [4.69, 9.17) is 0 Å². The van der Waals surface area contributed by atoms with Crippen molar-refractivity contribution in [1.29, 1.82) is 0 Å². The Morgan fingerprint density at radius 2 is 2.00 bits per heavy atom. The van der Waals surface area contributed by atoms with Gasteiger partial charge < -0.3 is 0 Å². The molecule has 0 radical (unpaired) electrons. The van der Waals surface area contributed by atoms with Crippen LogP contribution in [-0.4, -0.2) is 14.7 Å². The highest BCUT2D eigenvalue weighted by molar-refractivity contribution is 14.1. The molecule has 0 aromatic heterocycles. The summed E-state index contributed by atoms with van der Waals surface area (Å²) >= 11 is 2.39. The van der Waals surface area contributed by atoms with Gasteiger partial charge in [-0.3, -0.25) is 0 Å². The second kappa shape index (κ2) is 3.66. The third-order valence-corrected chi connectivity index (χ3v) is 3.05. The molecule has 0 nitrogen and oxygen atoms in total. The zero-order valence-corrected chi connectivity index (χ0v) is 9.24. The van der Waals surface area contributed by atoms with Crippen LogP contribution in [0.2, 0.25) is 0 Å². The van der Waals surface area contributed by atoms with Gasteiger partial charge in [-0.15, -0.1) is 0 Å². The lowest BCUT2D eigenvalue weighted by Crippen LogP contribution is -1.81. The molecule has 0 saturated heterocycles. The molecule has 0 atom stereocenters. The van der Waals surface area contributed by atoms with Crippen LogP contribution in [-0.2, 0) is 0 Å². The Morgan fingerprint density at radius 3 is 2.00 bits per heavy atom. The number of allylic oxidation sites excluding steroid dienone is 2. The zero-order chi connectivity index (χ0) is 5.86. The highest BCUT2D eigenvalue weighted by atomic mass is 127. The molecule has 0 bridgehead atoms. The molecule has 0 spiro atoms. The van der Waals surface area contributed by atoms with Crippen molar-refractivity contribution < 1.29 is 0 Å². The topological polar surface area (TPSA) is 0 Å². The third kappa shape index (κ3) is 3.29. The van der Waals surface area contributed by atoms with Crippen LogP contribution >= 0.6 is 22.6 Å². The summed E-state index contributed by atoms with van der Waals surface area (Å²) in [5, 5.41) is 1.59. The lowest BCUT2D eigenvalue weighted by atomic mass is 10.3.